The van der Waals surface area contributed by atoms with Gasteiger partial charge in [-0.3, -0.25) is 0 Å². The van der Waals surface area contributed by atoms with Crippen molar-refractivity contribution in [3.05, 3.63) is 30.3 Å². The molecule has 1 aromatic heterocycles. The highest BCUT2D eigenvalue weighted by Gasteiger charge is 2.30. The van der Waals surface area contributed by atoms with Crippen LogP contribution < -0.4 is 0 Å². The van der Waals surface area contributed by atoms with Crippen molar-refractivity contribution in [1.29, 1.82) is 0 Å². The van der Waals surface area contributed by atoms with E-state index in [1.54, 1.807) is 7.05 Å². The Bertz CT molecular complexity index is 700. The largest absolute Gasteiger partial charge is 0.389 e. The third-order valence-corrected chi connectivity index (χ3v) is 4.69. The summed E-state index contributed by atoms with van der Waals surface area (Å²) < 4.78 is 25.9. The SMILES string of the molecule is Cn1c(-c2ccccc2)nnc1S(=O)(=O)CC(C)(C)O. The van der Waals surface area contributed by atoms with Gasteiger partial charge < -0.3 is 9.67 Å². The second-order valence-corrected chi connectivity index (χ2v) is 7.19. The molecule has 1 aromatic carbocycles. The van der Waals surface area contributed by atoms with Crippen LogP contribution in [0.5, 0.6) is 0 Å². The lowest BCUT2D eigenvalue weighted by Crippen LogP contribution is -2.31. The fraction of sp³-hybridized carbons (Fsp3) is 0.385. The van der Waals surface area contributed by atoms with Crippen molar-refractivity contribution in [2.75, 3.05) is 5.75 Å². The van der Waals surface area contributed by atoms with E-state index in [1.165, 1.54) is 18.4 Å². The molecular formula is C13H17N3O3S. The van der Waals surface area contributed by atoms with E-state index in [-0.39, 0.29) is 5.16 Å². The smallest absolute Gasteiger partial charge is 0.249 e. The Morgan fingerprint density at radius 2 is 1.80 bits per heavy atom. The van der Waals surface area contributed by atoms with Crippen molar-refractivity contribution in [2.45, 2.75) is 24.6 Å². The normalized spacial score (nSPS) is 12.6. The molecule has 1 N–H and O–H groups in total. The van der Waals surface area contributed by atoms with E-state index in [1.807, 2.05) is 30.3 Å². The van der Waals surface area contributed by atoms with Crippen LogP contribution in [0.15, 0.2) is 35.5 Å². The Morgan fingerprint density at radius 1 is 1.20 bits per heavy atom. The molecule has 0 amide bonds. The van der Waals surface area contributed by atoms with E-state index in [2.05, 4.69) is 10.2 Å². The first-order valence-electron chi connectivity index (χ1n) is 6.11. The van der Waals surface area contributed by atoms with Gasteiger partial charge in [-0.15, -0.1) is 10.2 Å². The Kier molecular flexibility index (Phi) is 3.66. The van der Waals surface area contributed by atoms with Crippen LogP contribution in [-0.4, -0.2) is 39.6 Å². The standard InChI is InChI=1S/C13H17N3O3S/c1-13(2,17)9-20(18,19)12-15-14-11(16(12)3)10-7-5-4-6-8-10/h4-8,17H,9H2,1-3H3. The van der Waals surface area contributed by atoms with E-state index in [0.717, 1.165) is 5.56 Å². The second kappa shape index (κ2) is 4.99. The number of benzene rings is 1. The third-order valence-electron chi connectivity index (χ3n) is 2.69. The summed E-state index contributed by atoms with van der Waals surface area (Å²) in [6.45, 7) is 2.89. The maximum absolute atomic E-state index is 12.2. The van der Waals surface area contributed by atoms with Crippen LogP contribution in [0.4, 0.5) is 0 Å². The van der Waals surface area contributed by atoms with Crippen LogP contribution in [0.1, 0.15) is 13.8 Å². The summed E-state index contributed by atoms with van der Waals surface area (Å²) in [6.07, 6.45) is 0. The molecular weight excluding hydrogens is 278 g/mol. The maximum Gasteiger partial charge on any atom is 0.249 e. The first-order chi connectivity index (χ1) is 9.21. The van der Waals surface area contributed by atoms with Gasteiger partial charge >= 0.3 is 0 Å². The summed E-state index contributed by atoms with van der Waals surface area (Å²) >= 11 is 0. The zero-order valence-corrected chi connectivity index (χ0v) is 12.4. The first-order valence-corrected chi connectivity index (χ1v) is 7.76. The van der Waals surface area contributed by atoms with E-state index in [0.29, 0.717) is 5.82 Å². The Morgan fingerprint density at radius 3 is 2.35 bits per heavy atom. The van der Waals surface area contributed by atoms with Crippen LogP contribution >= 0.6 is 0 Å². The van der Waals surface area contributed by atoms with Crippen molar-refractivity contribution in [2.24, 2.45) is 7.05 Å². The monoisotopic (exact) mass is 295 g/mol. The van der Waals surface area contributed by atoms with Crippen molar-refractivity contribution in [3.63, 3.8) is 0 Å². The molecule has 0 aliphatic carbocycles. The Hall–Kier alpha value is -1.73. The van der Waals surface area contributed by atoms with E-state index in [4.69, 9.17) is 0 Å². The van der Waals surface area contributed by atoms with Crippen LogP contribution in [0.3, 0.4) is 0 Å². The molecule has 0 fully saturated rings. The molecule has 0 atom stereocenters. The van der Waals surface area contributed by atoms with Crippen LogP contribution in [0.25, 0.3) is 11.4 Å². The summed E-state index contributed by atoms with van der Waals surface area (Å²) in [4.78, 5) is 0. The summed E-state index contributed by atoms with van der Waals surface area (Å²) in [7, 11) is -2.10. The molecule has 0 saturated heterocycles. The molecule has 0 radical (unpaired) electrons. The third kappa shape index (κ3) is 3.05. The summed E-state index contributed by atoms with van der Waals surface area (Å²) in [5.41, 5.74) is -0.537. The average molecular weight is 295 g/mol. The van der Waals surface area contributed by atoms with Gasteiger partial charge in [-0.05, 0) is 13.8 Å². The molecule has 0 spiro atoms. The highest BCUT2D eigenvalue weighted by Crippen LogP contribution is 2.21. The summed E-state index contributed by atoms with van der Waals surface area (Å²) in [6, 6.07) is 9.21. The Balaban J connectivity index is 2.45. The molecule has 0 bridgehead atoms. The number of rotatable bonds is 4. The molecule has 2 aromatic rings. The summed E-state index contributed by atoms with van der Waals surface area (Å²) in [5, 5.41) is 17.2. The van der Waals surface area contributed by atoms with Crippen molar-refractivity contribution in [3.8, 4) is 11.4 Å². The van der Waals surface area contributed by atoms with Crippen LogP contribution in [0, 0.1) is 0 Å². The van der Waals surface area contributed by atoms with Crippen molar-refractivity contribution < 1.29 is 13.5 Å². The molecule has 108 valence electrons. The highest BCUT2D eigenvalue weighted by atomic mass is 32.2. The van der Waals surface area contributed by atoms with E-state index >= 15 is 0 Å². The number of hydrogen-bond donors (Lipinski definition) is 1. The Labute approximate surface area is 118 Å². The lowest BCUT2D eigenvalue weighted by molar-refractivity contribution is 0.105. The van der Waals surface area contributed by atoms with Crippen LogP contribution in [-0.2, 0) is 16.9 Å². The first kappa shape index (κ1) is 14.7. The molecule has 0 saturated carbocycles. The van der Waals surface area contributed by atoms with Gasteiger partial charge in [-0.2, -0.15) is 0 Å². The van der Waals surface area contributed by atoms with E-state index in [9.17, 15) is 13.5 Å². The zero-order valence-electron chi connectivity index (χ0n) is 11.6. The summed E-state index contributed by atoms with van der Waals surface area (Å²) in [5.74, 6) is 0.0701. The van der Waals surface area contributed by atoms with Crippen molar-refractivity contribution in [1.82, 2.24) is 14.8 Å². The van der Waals surface area contributed by atoms with Gasteiger partial charge in [0.25, 0.3) is 0 Å². The molecule has 2 rings (SSSR count). The molecule has 0 unspecified atom stereocenters. The van der Waals surface area contributed by atoms with Gasteiger partial charge in [-0.25, -0.2) is 8.42 Å². The predicted octanol–water partition coefficient (Wildman–Crippen LogP) is 1.03. The number of hydrogen-bond acceptors (Lipinski definition) is 5. The van der Waals surface area contributed by atoms with Gasteiger partial charge in [0, 0.05) is 12.6 Å². The lowest BCUT2D eigenvalue weighted by atomic mass is 10.2. The molecule has 0 aliphatic heterocycles. The molecule has 0 aliphatic rings. The van der Waals surface area contributed by atoms with Crippen molar-refractivity contribution >= 4 is 9.84 Å². The molecule has 6 nitrogen and oxygen atoms in total. The lowest BCUT2D eigenvalue weighted by Gasteiger charge is -2.16. The topological polar surface area (TPSA) is 85.1 Å². The maximum atomic E-state index is 12.2. The number of aromatic nitrogens is 3. The van der Waals surface area contributed by atoms with Gasteiger partial charge in [0.15, 0.2) is 5.82 Å². The van der Waals surface area contributed by atoms with Gasteiger partial charge in [0.05, 0.1) is 11.4 Å². The minimum Gasteiger partial charge on any atom is -0.389 e. The van der Waals surface area contributed by atoms with Crippen LogP contribution in [0.2, 0.25) is 0 Å². The van der Waals surface area contributed by atoms with Gasteiger partial charge in [0.2, 0.25) is 15.0 Å². The number of sulfone groups is 1. The fourth-order valence-corrected chi connectivity index (χ4v) is 3.68. The predicted molar refractivity (Wildman–Crippen MR) is 74.8 cm³/mol. The zero-order chi connectivity index (χ0) is 15.0. The minimum absolute atomic E-state index is 0.140. The fourth-order valence-electron chi connectivity index (χ4n) is 1.95. The molecule has 20 heavy (non-hydrogen) atoms. The van der Waals surface area contributed by atoms with E-state index < -0.39 is 21.2 Å². The van der Waals surface area contributed by atoms with Gasteiger partial charge in [-0.1, -0.05) is 30.3 Å². The molecule has 1 heterocycles. The highest BCUT2D eigenvalue weighted by molar-refractivity contribution is 7.91. The number of nitrogens with zero attached hydrogens (tertiary/aromatic N) is 3. The minimum atomic E-state index is -3.70. The molecule has 7 heteroatoms. The van der Waals surface area contributed by atoms with Gasteiger partial charge in [0.1, 0.15) is 0 Å². The quantitative estimate of drug-likeness (QED) is 0.910. The second-order valence-electron chi connectivity index (χ2n) is 5.30. The number of aliphatic hydroxyl groups is 1. The average Bonchev–Trinajstić information content (AvgIpc) is 2.70.